The first-order valence-electron chi connectivity index (χ1n) is 8.37. The molecule has 4 heteroatoms. The van der Waals surface area contributed by atoms with E-state index >= 15 is 0 Å². The Bertz CT molecular complexity index is 845. The van der Waals surface area contributed by atoms with Gasteiger partial charge in [-0.15, -0.1) is 0 Å². The third-order valence-corrected chi connectivity index (χ3v) is 3.83. The molecule has 0 aliphatic rings. The summed E-state index contributed by atoms with van der Waals surface area (Å²) in [6.45, 7) is 0.777. The zero-order valence-electron chi connectivity index (χ0n) is 14.3. The number of benzene rings is 3. The lowest BCUT2D eigenvalue weighted by Crippen LogP contribution is -2.24. The van der Waals surface area contributed by atoms with Gasteiger partial charge in [-0.25, -0.2) is 0 Å². The van der Waals surface area contributed by atoms with Crippen molar-refractivity contribution in [2.75, 3.05) is 0 Å². The van der Waals surface area contributed by atoms with Crippen molar-refractivity contribution in [3.63, 3.8) is 0 Å². The van der Waals surface area contributed by atoms with Crippen LogP contribution in [0, 0.1) is 0 Å². The number of rotatable bonds is 8. The smallest absolute Gasteiger partial charge is 0.161 e. The van der Waals surface area contributed by atoms with E-state index in [1.54, 1.807) is 18.2 Å². The minimum absolute atomic E-state index is 0.166. The molecule has 0 aliphatic carbocycles. The molecule has 132 valence electrons. The van der Waals surface area contributed by atoms with E-state index < -0.39 is 5.97 Å². The highest BCUT2D eigenvalue weighted by Gasteiger charge is 2.08. The predicted molar refractivity (Wildman–Crippen MR) is 96.7 cm³/mol. The molecule has 0 amide bonds. The van der Waals surface area contributed by atoms with Crippen molar-refractivity contribution >= 4 is 5.97 Å². The van der Waals surface area contributed by atoms with Gasteiger partial charge >= 0.3 is 0 Å². The topological polar surface area (TPSA) is 58.6 Å². The van der Waals surface area contributed by atoms with Gasteiger partial charge in [0.2, 0.25) is 0 Å². The number of carbonyl (C=O) groups excluding carboxylic acids is 1. The van der Waals surface area contributed by atoms with Gasteiger partial charge in [0.15, 0.2) is 11.5 Å². The molecule has 0 aliphatic heterocycles. The van der Waals surface area contributed by atoms with Gasteiger partial charge in [0.25, 0.3) is 0 Å². The van der Waals surface area contributed by atoms with Gasteiger partial charge in [-0.05, 0) is 28.8 Å². The van der Waals surface area contributed by atoms with Gasteiger partial charge in [0.1, 0.15) is 13.2 Å². The molecule has 0 fully saturated rings. The Balaban J connectivity index is 1.76. The number of hydrogen-bond acceptors (Lipinski definition) is 4. The van der Waals surface area contributed by atoms with Gasteiger partial charge in [0.05, 0.1) is 0 Å². The number of hydrogen-bond donors (Lipinski definition) is 0. The Labute approximate surface area is 152 Å². The van der Waals surface area contributed by atoms with Gasteiger partial charge in [-0.3, -0.25) is 0 Å². The summed E-state index contributed by atoms with van der Waals surface area (Å²) in [6, 6.07) is 24.7. The monoisotopic (exact) mass is 347 g/mol. The third kappa shape index (κ3) is 5.11. The quantitative estimate of drug-likeness (QED) is 0.628. The Morgan fingerprint density at radius 2 is 1.23 bits per heavy atom. The number of carboxylic acid groups (broad SMARTS) is 1. The summed E-state index contributed by atoms with van der Waals surface area (Å²) in [4.78, 5) is 10.9. The summed E-state index contributed by atoms with van der Waals surface area (Å²) in [6.07, 6.45) is -0.166. The van der Waals surface area contributed by atoms with Crippen molar-refractivity contribution in [1.82, 2.24) is 0 Å². The highest BCUT2D eigenvalue weighted by Crippen LogP contribution is 2.30. The molecule has 0 bridgehead atoms. The molecular formula is C22H19O4-. The number of carbonyl (C=O) groups is 1. The van der Waals surface area contributed by atoms with Crippen LogP contribution < -0.4 is 14.6 Å². The van der Waals surface area contributed by atoms with Gasteiger partial charge in [0, 0.05) is 12.4 Å². The molecule has 0 spiro atoms. The minimum atomic E-state index is -1.13. The average Bonchev–Trinajstić information content (AvgIpc) is 2.67. The van der Waals surface area contributed by atoms with Crippen molar-refractivity contribution in [2.24, 2.45) is 0 Å². The number of carboxylic acids is 1. The summed E-state index contributed by atoms with van der Waals surface area (Å²) in [5.41, 5.74) is 2.67. The van der Waals surface area contributed by atoms with Gasteiger partial charge in [-0.2, -0.15) is 0 Å². The first kappa shape index (κ1) is 17.5. The molecule has 4 nitrogen and oxygen atoms in total. The molecule has 0 saturated carbocycles. The van der Waals surface area contributed by atoms with Crippen LogP contribution in [0.1, 0.15) is 16.7 Å². The Kier molecular flexibility index (Phi) is 5.88. The van der Waals surface area contributed by atoms with Crippen LogP contribution in [0.5, 0.6) is 11.5 Å². The summed E-state index contributed by atoms with van der Waals surface area (Å²) >= 11 is 0. The van der Waals surface area contributed by atoms with E-state index in [9.17, 15) is 9.90 Å². The van der Waals surface area contributed by atoms with Crippen LogP contribution >= 0.6 is 0 Å². The van der Waals surface area contributed by atoms with E-state index in [0.717, 1.165) is 11.1 Å². The van der Waals surface area contributed by atoms with Crippen molar-refractivity contribution < 1.29 is 19.4 Å². The van der Waals surface area contributed by atoms with E-state index in [-0.39, 0.29) is 6.42 Å². The molecule has 0 heterocycles. The molecule has 26 heavy (non-hydrogen) atoms. The highest BCUT2D eigenvalue weighted by atomic mass is 16.5. The standard InChI is InChI=1S/C22H20O4/c23-22(24)14-19-11-12-20(25-15-17-7-3-1-4-8-17)21(13-19)26-16-18-9-5-2-6-10-18/h1-13H,14-16H2,(H,23,24)/p-1. The molecule has 3 rings (SSSR count). The lowest BCUT2D eigenvalue weighted by atomic mass is 10.1. The van der Waals surface area contributed by atoms with Gasteiger partial charge in [-0.1, -0.05) is 66.7 Å². The maximum Gasteiger partial charge on any atom is 0.161 e. The Morgan fingerprint density at radius 1 is 0.692 bits per heavy atom. The summed E-state index contributed by atoms with van der Waals surface area (Å²) in [7, 11) is 0. The van der Waals surface area contributed by atoms with Crippen molar-refractivity contribution in [2.45, 2.75) is 19.6 Å². The highest BCUT2D eigenvalue weighted by molar-refractivity contribution is 5.68. The van der Waals surface area contributed by atoms with E-state index in [0.29, 0.717) is 30.3 Å². The molecule has 0 atom stereocenters. The van der Waals surface area contributed by atoms with Gasteiger partial charge < -0.3 is 19.4 Å². The second kappa shape index (κ2) is 8.72. The largest absolute Gasteiger partial charge is 0.550 e. The predicted octanol–water partition coefficient (Wildman–Crippen LogP) is 3.14. The fourth-order valence-corrected chi connectivity index (χ4v) is 2.53. The summed E-state index contributed by atoms with van der Waals surface area (Å²) < 4.78 is 11.8. The molecule has 0 aromatic heterocycles. The van der Waals surface area contributed by atoms with Crippen LogP contribution in [-0.4, -0.2) is 5.97 Å². The normalized spacial score (nSPS) is 10.3. The summed E-state index contributed by atoms with van der Waals surface area (Å²) in [5, 5.41) is 10.9. The molecule has 0 radical (unpaired) electrons. The summed E-state index contributed by atoms with van der Waals surface area (Å²) in [5.74, 6) is -0.0348. The molecule has 0 N–H and O–H groups in total. The number of ether oxygens (including phenoxy) is 2. The van der Waals surface area contributed by atoms with E-state index in [1.165, 1.54) is 0 Å². The van der Waals surface area contributed by atoms with Crippen LogP contribution in [0.4, 0.5) is 0 Å². The molecule has 3 aromatic rings. The third-order valence-electron chi connectivity index (χ3n) is 3.83. The van der Waals surface area contributed by atoms with Crippen LogP contribution in [0.15, 0.2) is 78.9 Å². The first-order chi connectivity index (χ1) is 12.7. The molecule has 3 aromatic carbocycles. The molecular weight excluding hydrogens is 328 g/mol. The van der Waals surface area contributed by atoms with Crippen molar-refractivity contribution in [3.8, 4) is 11.5 Å². The van der Waals surface area contributed by atoms with Crippen molar-refractivity contribution in [1.29, 1.82) is 0 Å². The lowest BCUT2D eigenvalue weighted by molar-refractivity contribution is -0.304. The Hall–Kier alpha value is -3.27. The fourth-order valence-electron chi connectivity index (χ4n) is 2.53. The minimum Gasteiger partial charge on any atom is -0.550 e. The molecule has 0 saturated heterocycles. The zero-order valence-corrected chi connectivity index (χ0v) is 14.3. The van der Waals surface area contributed by atoms with E-state index in [4.69, 9.17) is 9.47 Å². The van der Waals surface area contributed by atoms with Crippen LogP contribution in [0.3, 0.4) is 0 Å². The SMILES string of the molecule is O=C([O-])Cc1ccc(OCc2ccccc2)c(OCc2ccccc2)c1. The number of aliphatic carboxylic acids is 1. The zero-order chi connectivity index (χ0) is 18.2. The maximum absolute atomic E-state index is 10.9. The van der Waals surface area contributed by atoms with Crippen LogP contribution in [-0.2, 0) is 24.4 Å². The van der Waals surface area contributed by atoms with Crippen molar-refractivity contribution in [3.05, 3.63) is 95.6 Å². The maximum atomic E-state index is 10.9. The second-order valence-corrected chi connectivity index (χ2v) is 5.88. The average molecular weight is 347 g/mol. The first-order valence-corrected chi connectivity index (χ1v) is 8.37. The van der Waals surface area contributed by atoms with Crippen LogP contribution in [0.2, 0.25) is 0 Å². The Morgan fingerprint density at radius 3 is 1.77 bits per heavy atom. The van der Waals surface area contributed by atoms with Crippen LogP contribution in [0.25, 0.3) is 0 Å². The van der Waals surface area contributed by atoms with E-state index in [1.807, 2.05) is 60.7 Å². The lowest BCUT2D eigenvalue weighted by Gasteiger charge is -2.15. The van der Waals surface area contributed by atoms with E-state index in [2.05, 4.69) is 0 Å². The fraction of sp³-hybridized carbons (Fsp3) is 0.136. The second-order valence-electron chi connectivity index (χ2n) is 5.88. The molecule has 0 unspecified atom stereocenters.